The van der Waals surface area contributed by atoms with E-state index in [-0.39, 0.29) is 0 Å². The number of unbranched alkanes of at least 4 members (excludes halogenated alkanes) is 1. The number of carboxylic acids is 1. The first-order chi connectivity index (χ1) is 8.24. The minimum atomic E-state index is -0.876. The van der Waals surface area contributed by atoms with Gasteiger partial charge in [0.2, 0.25) is 0 Å². The van der Waals surface area contributed by atoms with Crippen LogP contribution in [0, 0.1) is 0 Å². The third-order valence-corrected chi connectivity index (χ3v) is 2.85. The highest BCUT2D eigenvalue weighted by atomic mass is 16.4. The normalized spacial score (nSPS) is 10.6. The average molecular weight is 229 g/mol. The molecule has 0 fully saturated rings. The van der Waals surface area contributed by atoms with E-state index in [0.29, 0.717) is 5.56 Å². The quantitative estimate of drug-likeness (QED) is 0.631. The van der Waals surface area contributed by atoms with Crippen molar-refractivity contribution in [2.75, 3.05) is 0 Å². The number of nitrogens with zero attached hydrogens (tertiary/aromatic N) is 1. The van der Waals surface area contributed by atoms with Crippen LogP contribution in [0.5, 0.6) is 0 Å². The number of hydrogen-bond acceptors (Lipinski definition) is 1. The zero-order valence-electron chi connectivity index (χ0n) is 9.60. The molecule has 2 aromatic rings. The first kappa shape index (κ1) is 11.5. The molecule has 0 aliphatic rings. The van der Waals surface area contributed by atoms with Crippen LogP contribution < -0.4 is 0 Å². The molecule has 3 heteroatoms. The Balaban J connectivity index is 2.37. The number of benzene rings is 1. The van der Waals surface area contributed by atoms with Crippen molar-refractivity contribution >= 4 is 16.9 Å². The zero-order valence-corrected chi connectivity index (χ0v) is 9.60. The van der Waals surface area contributed by atoms with Gasteiger partial charge in [-0.15, -0.1) is 6.58 Å². The fraction of sp³-hybridized carbons (Fsp3) is 0.214. The van der Waals surface area contributed by atoms with E-state index in [0.717, 1.165) is 30.3 Å². The summed E-state index contributed by atoms with van der Waals surface area (Å²) in [6.07, 6.45) is 5.83. The van der Waals surface area contributed by atoms with Gasteiger partial charge in [0.15, 0.2) is 0 Å². The summed E-state index contributed by atoms with van der Waals surface area (Å²) in [6, 6.07) is 7.25. The lowest BCUT2D eigenvalue weighted by Crippen LogP contribution is -1.98. The average Bonchev–Trinajstić information content (AvgIpc) is 2.72. The van der Waals surface area contributed by atoms with Crippen molar-refractivity contribution < 1.29 is 9.90 Å². The number of allylic oxidation sites excluding steroid dienone is 1. The molecule has 1 N–H and O–H groups in total. The molecular weight excluding hydrogens is 214 g/mol. The second kappa shape index (κ2) is 4.87. The van der Waals surface area contributed by atoms with Crippen LogP contribution in [-0.4, -0.2) is 15.6 Å². The maximum Gasteiger partial charge on any atom is 0.336 e. The monoisotopic (exact) mass is 229 g/mol. The third kappa shape index (κ3) is 2.23. The molecule has 0 spiro atoms. The molecule has 1 aromatic carbocycles. The topological polar surface area (TPSA) is 42.2 Å². The molecule has 0 aliphatic heterocycles. The van der Waals surface area contributed by atoms with E-state index in [9.17, 15) is 4.79 Å². The Bertz CT molecular complexity index is 554. The minimum Gasteiger partial charge on any atom is -0.478 e. The number of aromatic nitrogens is 1. The minimum absolute atomic E-state index is 0.366. The van der Waals surface area contributed by atoms with Crippen LogP contribution in [0.1, 0.15) is 23.2 Å². The molecule has 0 unspecified atom stereocenters. The molecule has 3 nitrogen and oxygen atoms in total. The molecule has 0 saturated carbocycles. The van der Waals surface area contributed by atoms with Crippen LogP contribution >= 0.6 is 0 Å². The van der Waals surface area contributed by atoms with Crippen LogP contribution in [0.15, 0.2) is 43.1 Å². The number of aromatic carboxylic acids is 1. The molecule has 2 rings (SSSR count). The SMILES string of the molecule is C=CCCCn1ccc2c(C(=O)O)cccc21. The highest BCUT2D eigenvalue weighted by Gasteiger charge is 2.10. The van der Waals surface area contributed by atoms with Gasteiger partial charge in [-0.05, 0) is 31.0 Å². The van der Waals surface area contributed by atoms with Gasteiger partial charge in [0.05, 0.1) is 5.56 Å². The Morgan fingerprint density at radius 1 is 1.41 bits per heavy atom. The fourth-order valence-corrected chi connectivity index (χ4v) is 2.01. The van der Waals surface area contributed by atoms with Gasteiger partial charge in [0, 0.05) is 23.6 Å². The lowest BCUT2D eigenvalue weighted by Gasteiger charge is -2.04. The van der Waals surface area contributed by atoms with E-state index in [1.807, 2.05) is 24.4 Å². The summed E-state index contributed by atoms with van der Waals surface area (Å²) in [7, 11) is 0. The summed E-state index contributed by atoms with van der Waals surface area (Å²) < 4.78 is 2.09. The maximum absolute atomic E-state index is 11.1. The van der Waals surface area contributed by atoms with E-state index in [1.54, 1.807) is 12.1 Å². The van der Waals surface area contributed by atoms with Crippen LogP contribution in [0.25, 0.3) is 10.9 Å². The predicted octanol–water partition coefficient (Wildman–Crippen LogP) is 3.31. The number of carbonyl (C=O) groups is 1. The number of rotatable bonds is 5. The smallest absolute Gasteiger partial charge is 0.336 e. The third-order valence-electron chi connectivity index (χ3n) is 2.85. The van der Waals surface area contributed by atoms with E-state index < -0.39 is 5.97 Å². The molecule has 0 amide bonds. The summed E-state index contributed by atoms with van der Waals surface area (Å²) in [4.78, 5) is 11.1. The van der Waals surface area contributed by atoms with Crippen molar-refractivity contribution in [3.8, 4) is 0 Å². The number of aryl methyl sites for hydroxylation is 1. The Hall–Kier alpha value is -2.03. The second-order valence-electron chi connectivity index (χ2n) is 3.98. The van der Waals surface area contributed by atoms with Gasteiger partial charge < -0.3 is 9.67 Å². The van der Waals surface area contributed by atoms with E-state index in [4.69, 9.17) is 5.11 Å². The van der Waals surface area contributed by atoms with Gasteiger partial charge in [-0.25, -0.2) is 4.79 Å². The van der Waals surface area contributed by atoms with Gasteiger partial charge in [0.1, 0.15) is 0 Å². The Kier molecular flexibility index (Phi) is 3.28. The van der Waals surface area contributed by atoms with Crippen LogP contribution in [0.4, 0.5) is 0 Å². The summed E-state index contributed by atoms with van der Waals surface area (Å²) in [5, 5.41) is 9.89. The molecule has 1 heterocycles. The Morgan fingerprint density at radius 2 is 2.24 bits per heavy atom. The van der Waals surface area contributed by atoms with Gasteiger partial charge in [0.25, 0.3) is 0 Å². The van der Waals surface area contributed by atoms with Crippen molar-refractivity contribution in [3.63, 3.8) is 0 Å². The van der Waals surface area contributed by atoms with Crippen molar-refractivity contribution in [3.05, 3.63) is 48.7 Å². The number of hydrogen-bond donors (Lipinski definition) is 1. The van der Waals surface area contributed by atoms with Crippen LogP contribution in [-0.2, 0) is 6.54 Å². The van der Waals surface area contributed by atoms with Crippen LogP contribution in [0.2, 0.25) is 0 Å². The first-order valence-corrected chi connectivity index (χ1v) is 5.66. The number of fused-ring (bicyclic) bond motifs is 1. The van der Waals surface area contributed by atoms with Crippen molar-refractivity contribution in [2.45, 2.75) is 19.4 Å². The lowest BCUT2D eigenvalue weighted by atomic mass is 10.1. The molecule has 1 aromatic heterocycles. The highest BCUT2D eigenvalue weighted by Crippen LogP contribution is 2.20. The van der Waals surface area contributed by atoms with Crippen molar-refractivity contribution in [1.29, 1.82) is 0 Å². The molecular formula is C14H15NO2. The fourth-order valence-electron chi connectivity index (χ4n) is 2.01. The van der Waals surface area contributed by atoms with E-state index in [2.05, 4.69) is 11.1 Å². The number of carboxylic acid groups (broad SMARTS) is 1. The van der Waals surface area contributed by atoms with E-state index in [1.165, 1.54) is 0 Å². The lowest BCUT2D eigenvalue weighted by molar-refractivity contribution is 0.0699. The first-order valence-electron chi connectivity index (χ1n) is 5.66. The van der Waals surface area contributed by atoms with E-state index >= 15 is 0 Å². The standard InChI is InChI=1S/C14H15NO2/c1-2-3-4-9-15-10-8-11-12(14(16)17)6-5-7-13(11)15/h2,5-8,10H,1,3-4,9H2,(H,16,17). The summed E-state index contributed by atoms with van der Waals surface area (Å²) in [5.41, 5.74) is 1.35. The second-order valence-corrected chi connectivity index (χ2v) is 3.98. The summed E-state index contributed by atoms with van der Waals surface area (Å²) >= 11 is 0. The predicted molar refractivity (Wildman–Crippen MR) is 68.3 cm³/mol. The van der Waals surface area contributed by atoms with Gasteiger partial charge in [-0.3, -0.25) is 0 Å². The largest absolute Gasteiger partial charge is 0.478 e. The summed E-state index contributed by atoms with van der Waals surface area (Å²) in [5.74, 6) is -0.876. The van der Waals surface area contributed by atoms with Gasteiger partial charge in [-0.1, -0.05) is 12.1 Å². The van der Waals surface area contributed by atoms with Gasteiger partial charge in [-0.2, -0.15) is 0 Å². The molecule has 0 saturated heterocycles. The summed E-state index contributed by atoms with van der Waals surface area (Å²) in [6.45, 7) is 4.58. The molecule has 0 bridgehead atoms. The molecule has 0 aliphatic carbocycles. The molecule has 88 valence electrons. The van der Waals surface area contributed by atoms with Gasteiger partial charge >= 0.3 is 5.97 Å². The van der Waals surface area contributed by atoms with Crippen LogP contribution in [0.3, 0.4) is 0 Å². The zero-order chi connectivity index (χ0) is 12.3. The van der Waals surface area contributed by atoms with Crippen molar-refractivity contribution in [1.82, 2.24) is 4.57 Å². The molecule has 17 heavy (non-hydrogen) atoms. The van der Waals surface area contributed by atoms with Crippen molar-refractivity contribution in [2.24, 2.45) is 0 Å². The molecule has 0 radical (unpaired) electrons. The maximum atomic E-state index is 11.1. The molecule has 0 atom stereocenters. The Morgan fingerprint density at radius 3 is 2.94 bits per heavy atom. The Labute approximate surface area is 100.0 Å². The highest BCUT2D eigenvalue weighted by molar-refractivity contribution is 6.02.